The van der Waals surface area contributed by atoms with Crippen LogP contribution in [0.5, 0.6) is 0 Å². The molecule has 0 bridgehead atoms. The van der Waals surface area contributed by atoms with Crippen LogP contribution in [0.4, 0.5) is 0 Å². The van der Waals surface area contributed by atoms with Gasteiger partial charge in [-0.25, -0.2) is 0 Å². The summed E-state index contributed by atoms with van der Waals surface area (Å²) in [5.74, 6) is -0.242. The highest BCUT2D eigenvalue weighted by molar-refractivity contribution is 5.66. The normalized spacial score (nSPS) is 29.3. The van der Waals surface area contributed by atoms with Crippen molar-refractivity contribution in [1.29, 1.82) is 0 Å². The van der Waals surface area contributed by atoms with Crippen LogP contribution in [0, 0.1) is 0 Å². The van der Waals surface area contributed by atoms with Crippen molar-refractivity contribution in [2.75, 3.05) is 0 Å². The first-order valence-corrected chi connectivity index (χ1v) is 3.68. The molecule has 0 saturated heterocycles. The molecule has 0 spiro atoms. The average Bonchev–Trinajstić information content (AvgIpc) is 1.85. The molecule has 0 fully saturated rings. The van der Waals surface area contributed by atoms with E-state index in [-0.39, 0.29) is 18.2 Å². The van der Waals surface area contributed by atoms with Crippen LogP contribution in [0.15, 0.2) is 12.3 Å². The topological polar surface area (TPSA) is 35.5 Å². The molecule has 1 heterocycles. The summed E-state index contributed by atoms with van der Waals surface area (Å²) in [6, 6.07) is 0. The van der Waals surface area contributed by atoms with Crippen molar-refractivity contribution in [2.45, 2.75) is 32.5 Å². The van der Waals surface area contributed by atoms with Gasteiger partial charge in [0.05, 0.1) is 12.4 Å². The zero-order valence-electron chi connectivity index (χ0n) is 6.74. The van der Waals surface area contributed by atoms with Gasteiger partial charge in [-0.15, -0.1) is 0 Å². The lowest BCUT2D eigenvalue weighted by atomic mass is 10.1. The molecular formula is C8H12O3. The van der Waals surface area contributed by atoms with Crippen LogP contribution >= 0.6 is 0 Å². The first-order chi connectivity index (χ1) is 5.18. The van der Waals surface area contributed by atoms with Crippen molar-refractivity contribution in [3.05, 3.63) is 12.3 Å². The van der Waals surface area contributed by atoms with Gasteiger partial charge in [0.1, 0.15) is 6.10 Å². The van der Waals surface area contributed by atoms with Crippen LogP contribution in [0.3, 0.4) is 0 Å². The number of carbonyl (C=O) groups excluding carboxylic acids is 1. The predicted molar refractivity (Wildman–Crippen MR) is 39.9 cm³/mol. The molecule has 3 heteroatoms. The number of carbonyl (C=O) groups is 1. The van der Waals surface area contributed by atoms with Gasteiger partial charge in [0.15, 0.2) is 0 Å². The molecular weight excluding hydrogens is 144 g/mol. The summed E-state index contributed by atoms with van der Waals surface area (Å²) in [6.07, 6.45) is 4.12. The Morgan fingerprint density at radius 3 is 3.00 bits per heavy atom. The summed E-state index contributed by atoms with van der Waals surface area (Å²) >= 11 is 0. The molecule has 0 aromatic rings. The molecule has 0 amide bonds. The van der Waals surface area contributed by atoms with Crippen LogP contribution in [0.1, 0.15) is 20.3 Å². The Bertz CT molecular complexity index is 174. The van der Waals surface area contributed by atoms with Crippen molar-refractivity contribution in [2.24, 2.45) is 0 Å². The first-order valence-electron chi connectivity index (χ1n) is 3.68. The molecule has 1 aliphatic rings. The molecule has 0 N–H and O–H groups in total. The van der Waals surface area contributed by atoms with Gasteiger partial charge in [-0.3, -0.25) is 4.79 Å². The molecule has 0 saturated carbocycles. The van der Waals surface area contributed by atoms with Crippen LogP contribution in [0.2, 0.25) is 0 Å². The lowest BCUT2D eigenvalue weighted by molar-refractivity contribution is -0.145. The van der Waals surface area contributed by atoms with Crippen molar-refractivity contribution >= 4 is 5.97 Å². The van der Waals surface area contributed by atoms with E-state index < -0.39 is 0 Å². The van der Waals surface area contributed by atoms with Crippen molar-refractivity contribution in [1.82, 2.24) is 0 Å². The van der Waals surface area contributed by atoms with Crippen LogP contribution in [-0.2, 0) is 14.3 Å². The SMILES string of the molecule is CC(=O)O[C@H]1C=CO[C@@H](C)C1. The number of rotatable bonds is 1. The summed E-state index contributed by atoms with van der Waals surface area (Å²) in [5.41, 5.74) is 0. The van der Waals surface area contributed by atoms with E-state index in [4.69, 9.17) is 9.47 Å². The summed E-state index contributed by atoms with van der Waals surface area (Å²) in [5, 5.41) is 0. The molecule has 0 aliphatic carbocycles. The molecule has 3 nitrogen and oxygen atoms in total. The number of esters is 1. The highest BCUT2D eigenvalue weighted by Crippen LogP contribution is 2.13. The maximum atomic E-state index is 10.5. The van der Waals surface area contributed by atoms with Crippen molar-refractivity contribution in [3.8, 4) is 0 Å². The standard InChI is InChI=1S/C8H12O3/c1-6-5-8(3-4-10-6)11-7(2)9/h3-4,6,8H,5H2,1-2H3/t6-,8-/m0/s1. The van der Waals surface area contributed by atoms with Gasteiger partial charge in [-0.1, -0.05) is 0 Å². The van der Waals surface area contributed by atoms with Crippen LogP contribution in [-0.4, -0.2) is 18.2 Å². The largest absolute Gasteiger partial charge is 0.498 e. The van der Waals surface area contributed by atoms with E-state index in [9.17, 15) is 4.79 Å². The Morgan fingerprint density at radius 1 is 1.73 bits per heavy atom. The average molecular weight is 156 g/mol. The Hall–Kier alpha value is -0.990. The number of hydrogen-bond donors (Lipinski definition) is 0. The lowest BCUT2D eigenvalue weighted by Crippen LogP contribution is -2.23. The van der Waals surface area contributed by atoms with Gasteiger partial charge in [-0.2, -0.15) is 0 Å². The van der Waals surface area contributed by atoms with Crippen LogP contribution in [0.25, 0.3) is 0 Å². The Balaban J connectivity index is 2.40. The first kappa shape index (κ1) is 8.11. The van der Waals surface area contributed by atoms with E-state index in [0.717, 1.165) is 6.42 Å². The predicted octanol–water partition coefficient (Wildman–Crippen LogP) is 1.24. The monoisotopic (exact) mass is 156 g/mol. The molecule has 2 atom stereocenters. The third kappa shape index (κ3) is 2.62. The second-order valence-corrected chi connectivity index (χ2v) is 2.66. The fourth-order valence-electron chi connectivity index (χ4n) is 1.03. The maximum Gasteiger partial charge on any atom is 0.303 e. The summed E-state index contributed by atoms with van der Waals surface area (Å²) < 4.78 is 10.1. The molecule has 11 heavy (non-hydrogen) atoms. The quantitative estimate of drug-likeness (QED) is 0.536. The zero-order valence-corrected chi connectivity index (χ0v) is 6.74. The van der Waals surface area contributed by atoms with Crippen molar-refractivity contribution in [3.63, 3.8) is 0 Å². The molecule has 62 valence electrons. The van der Waals surface area contributed by atoms with Gasteiger partial charge in [0.25, 0.3) is 0 Å². The highest BCUT2D eigenvalue weighted by Gasteiger charge is 2.16. The van der Waals surface area contributed by atoms with E-state index >= 15 is 0 Å². The molecule has 0 aromatic heterocycles. The summed E-state index contributed by atoms with van der Waals surface area (Å²) in [4.78, 5) is 10.5. The van der Waals surface area contributed by atoms with Crippen LogP contribution < -0.4 is 0 Å². The summed E-state index contributed by atoms with van der Waals surface area (Å²) in [6.45, 7) is 3.36. The molecule has 0 aromatic carbocycles. The smallest absolute Gasteiger partial charge is 0.303 e. The molecule has 0 radical (unpaired) electrons. The van der Waals surface area contributed by atoms with E-state index in [0.29, 0.717) is 0 Å². The highest BCUT2D eigenvalue weighted by atomic mass is 16.5. The molecule has 1 aliphatic heterocycles. The second-order valence-electron chi connectivity index (χ2n) is 2.66. The maximum absolute atomic E-state index is 10.5. The number of ether oxygens (including phenoxy) is 2. The van der Waals surface area contributed by atoms with E-state index in [1.54, 1.807) is 12.3 Å². The van der Waals surface area contributed by atoms with E-state index in [1.165, 1.54) is 6.92 Å². The van der Waals surface area contributed by atoms with Crippen molar-refractivity contribution < 1.29 is 14.3 Å². The van der Waals surface area contributed by atoms with Gasteiger partial charge >= 0.3 is 5.97 Å². The van der Waals surface area contributed by atoms with Gasteiger partial charge in [0, 0.05) is 13.3 Å². The minimum absolute atomic E-state index is 0.101. The minimum Gasteiger partial charge on any atom is -0.498 e. The van der Waals surface area contributed by atoms with Gasteiger partial charge < -0.3 is 9.47 Å². The summed E-state index contributed by atoms with van der Waals surface area (Å²) in [7, 11) is 0. The third-order valence-electron chi connectivity index (χ3n) is 1.49. The van der Waals surface area contributed by atoms with Gasteiger partial charge in [0.2, 0.25) is 0 Å². The lowest BCUT2D eigenvalue weighted by Gasteiger charge is -2.21. The fourth-order valence-corrected chi connectivity index (χ4v) is 1.03. The van der Waals surface area contributed by atoms with E-state index in [1.807, 2.05) is 6.92 Å². The Labute approximate surface area is 66.0 Å². The zero-order chi connectivity index (χ0) is 8.27. The van der Waals surface area contributed by atoms with Gasteiger partial charge in [-0.05, 0) is 13.0 Å². The molecule has 1 rings (SSSR count). The Kier molecular flexibility index (Phi) is 2.52. The van der Waals surface area contributed by atoms with E-state index in [2.05, 4.69) is 0 Å². The third-order valence-corrected chi connectivity index (χ3v) is 1.49. The minimum atomic E-state index is -0.242. The molecule has 0 unspecified atom stereocenters. The second kappa shape index (κ2) is 3.42. The number of hydrogen-bond acceptors (Lipinski definition) is 3. The Morgan fingerprint density at radius 2 is 2.45 bits per heavy atom. The fraction of sp³-hybridized carbons (Fsp3) is 0.625.